The predicted octanol–water partition coefficient (Wildman–Crippen LogP) is 3.86. The van der Waals surface area contributed by atoms with E-state index >= 15 is 0 Å². The lowest BCUT2D eigenvalue weighted by atomic mass is 9.86. The highest BCUT2D eigenvalue weighted by Crippen LogP contribution is 2.44. The number of esters is 1. The van der Waals surface area contributed by atoms with Crippen molar-refractivity contribution in [3.8, 4) is 0 Å². The van der Waals surface area contributed by atoms with Gasteiger partial charge in [0.15, 0.2) is 11.4 Å². The van der Waals surface area contributed by atoms with E-state index in [1.807, 2.05) is 51.8 Å². The minimum atomic E-state index is -0.898. The number of aliphatic hydroxyl groups excluding tert-OH is 1. The van der Waals surface area contributed by atoms with E-state index < -0.39 is 11.6 Å². The van der Waals surface area contributed by atoms with E-state index in [0.29, 0.717) is 31.5 Å². The highest BCUT2D eigenvalue weighted by Gasteiger charge is 2.50. The van der Waals surface area contributed by atoms with E-state index in [2.05, 4.69) is 0 Å². The highest BCUT2D eigenvalue weighted by molar-refractivity contribution is 6.20. The lowest BCUT2D eigenvalue weighted by Gasteiger charge is -2.36. The third kappa shape index (κ3) is 3.44. The molecular formula is C20H29NO4. The molecule has 0 aromatic heterocycles. The fourth-order valence-corrected chi connectivity index (χ4v) is 3.76. The molecule has 0 amide bonds. The van der Waals surface area contributed by atoms with Crippen LogP contribution in [-0.2, 0) is 14.4 Å². The number of piperidine rings is 1. The van der Waals surface area contributed by atoms with Crippen molar-refractivity contribution in [3.05, 3.63) is 40.1 Å². The van der Waals surface area contributed by atoms with Crippen molar-refractivity contribution >= 4 is 11.5 Å². The Kier molecular flexibility index (Phi) is 5.91. The van der Waals surface area contributed by atoms with Crippen LogP contribution in [-0.4, -0.2) is 41.9 Å². The Hall–Kier alpha value is -1.85. The highest BCUT2D eigenvalue weighted by atomic mass is 16.7. The molecule has 0 radical (unpaired) electrons. The monoisotopic (exact) mass is 347 g/mol. The van der Waals surface area contributed by atoms with Gasteiger partial charge in [0, 0.05) is 25.9 Å². The Morgan fingerprint density at radius 3 is 2.12 bits per heavy atom. The number of hydrogen-bond acceptors (Lipinski definition) is 5. The maximum atomic E-state index is 12.5. The lowest BCUT2D eigenvalue weighted by molar-refractivity contribution is -0.182. The van der Waals surface area contributed by atoms with E-state index in [1.54, 1.807) is 7.11 Å². The normalized spacial score (nSPS) is 19.7. The zero-order valence-corrected chi connectivity index (χ0v) is 16.1. The van der Waals surface area contributed by atoms with Crippen LogP contribution in [0.25, 0.3) is 5.57 Å². The summed E-state index contributed by atoms with van der Waals surface area (Å²) in [4.78, 5) is 17.7. The van der Waals surface area contributed by atoms with E-state index in [4.69, 9.17) is 9.57 Å². The topological polar surface area (TPSA) is 59.0 Å². The number of ether oxygens (including phenoxy) is 1. The molecule has 5 nitrogen and oxygen atoms in total. The van der Waals surface area contributed by atoms with Gasteiger partial charge in [-0.1, -0.05) is 31.5 Å². The average Bonchev–Trinajstić information content (AvgIpc) is 2.81. The summed E-state index contributed by atoms with van der Waals surface area (Å²) in [7, 11) is 1.62. The molecule has 1 spiro atoms. The largest absolute Gasteiger partial charge is 0.507 e. The predicted molar refractivity (Wildman–Crippen MR) is 98.2 cm³/mol. The molecule has 0 saturated carbocycles. The number of hydrogen-bond donors (Lipinski definition) is 1. The van der Waals surface area contributed by atoms with Crippen LogP contribution in [0.1, 0.15) is 48.9 Å². The zero-order chi connectivity index (χ0) is 18.8. The number of carbonyl (C=O) groups excluding carboxylic acids is 1. The van der Waals surface area contributed by atoms with Crippen molar-refractivity contribution in [2.45, 2.75) is 53.1 Å². The summed E-state index contributed by atoms with van der Waals surface area (Å²) in [5.41, 5.74) is 3.32. The Morgan fingerprint density at radius 1 is 1.12 bits per heavy atom. The molecule has 0 bridgehead atoms. The van der Waals surface area contributed by atoms with Crippen molar-refractivity contribution in [2.24, 2.45) is 0 Å². The first-order chi connectivity index (χ1) is 11.9. The van der Waals surface area contributed by atoms with Gasteiger partial charge in [0.2, 0.25) is 0 Å². The Balaban J connectivity index is 0.00000109. The van der Waals surface area contributed by atoms with E-state index in [0.717, 1.165) is 22.3 Å². The van der Waals surface area contributed by atoms with Crippen LogP contribution in [0.5, 0.6) is 0 Å². The lowest BCUT2D eigenvalue weighted by Crippen LogP contribution is -2.45. The summed E-state index contributed by atoms with van der Waals surface area (Å²) in [5, 5.41) is 12.7. The number of carbonyl (C=O) groups is 1. The minimum absolute atomic E-state index is 0.0771. The molecule has 3 rings (SSSR count). The van der Waals surface area contributed by atoms with Crippen molar-refractivity contribution in [2.75, 3.05) is 20.2 Å². The van der Waals surface area contributed by atoms with Gasteiger partial charge in [0.1, 0.15) is 5.57 Å². The number of aryl methyl sites for hydroxylation is 3. The number of rotatable bonds is 2. The van der Waals surface area contributed by atoms with Crippen LogP contribution in [0.4, 0.5) is 0 Å². The van der Waals surface area contributed by atoms with Crippen LogP contribution in [0.2, 0.25) is 0 Å². The van der Waals surface area contributed by atoms with Gasteiger partial charge in [-0.15, -0.1) is 0 Å². The SMILES string of the molecule is CC.CON1CCC2(CC1)OC(=O)C(c1c(C)cc(C)cc1C)=C2O. The molecular weight excluding hydrogens is 318 g/mol. The molecule has 1 saturated heterocycles. The maximum absolute atomic E-state index is 12.5. The third-order valence-corrected chi connectivity index (χ3v) is 4.88. The second kappa shape index (κ2) is 7.58. The number of aliphatic hydroxyl groups is 1. The second-order valence-electron chi connectivity index (χ2n) is 6.49. The Bertz CT molecular complexity index is 662. The molecule has 25 heavy (non-hydrogen) atoms. The first-order valence-electron chi connectivity index (χ1n) is 8.92. The van der Waals surface area contributed by atoms with Crippen LogP contribution >= 0.6 is 0 Å². The Labute approximate surface area is 150 Å². The van der Waals surface area contributed by atoms with Gasteiger partial charge >= 0.3 is 5.97 Å². The Morgan fingerprint density at radius 2 is 1.64 bits per heavy atom. The zero-order valence-electron chi connectivity index (χ0n) is 16.1. The summed E-state index contributed by atoms with van der Waals surface area (Å²) >= 11 is 0. The standard InChI is InChI=1S/C18H23NO4.C2H6/c1-11-9-12(2)14(13(3)10-11)15-16(20)18(23-17(15)21)5-7-19(22-4)8-6-18;1-2/h9-10,20H,5-8H2,1-4H3;1-2H3. The summed E-state index contributed by atoms with van der Waals surface area (Å²) < 4.78 is 5.66. The van der Waals surface area contributed by atoms with Gasteiger partial charge in [0.05, 0.1) is 7.11 Å². The molecule has 0 atom stereocenters. The maximum Gasteiger partial charge on any atom is 0.343 e. The van der Waals surface area contributed by atoms with Gasteiger partial charge < -0.3 is 14.7 Å². The fraction of sp³-hybridized carbons (Fsp3) is 0.550. The average molecular weight is 347 g/mol. The van der Waals surface area contributed by atoms with Crippen molar-refractivity contribution in [1.29, 1.82) is 0 Å². The summed E-state index contributed by atoms with van der Waals surface area (Å²) in [5.74, 6) is -0.350. The number of nitrogens with zero attached hydrogens (tertiary/aromatic N) is 1. The molecule has 138 valence electrons. The van der Waals surface area contributed by atoms with Crippen molar-refractivity contribution < 1.29 is 19.5 Å². The summed E-state index contributed by atoms with van der Waals surface area (Å²) in [6.07, 6.45) is 1.07. The second-order valence-corrected chi connectivity index (χ2v) is 6.49. The van der Waals surface area contributed by atoms with Gasteiger partial charge in [-0.2, -0.15) is 5.06 Å². The van der Waals surface area contributed by atoms with Gasteiger partial charge in [-0.05, 0) is 37.5 Å². The van der Waals surface area contributed by atoms with Crippen molar-refractivity contribution in [1.82, 2.24) is 5.06 Å². The summed E-state index contributed by atoms with van der Waals surface area (Å²) in [6, 6.07) is 4.04. The molecule has 1 aromatic rings. The van der Waals surface area contributed by atoms with E-state index in [1.165, 1.54) is 0 Å². The number of hydroxylamine groups is 2. The molecule has 2 aliphatic heterocycles. The molecule has 1 fully saturated rings. The summed E-state index contributed by atoms with van der Waals surface area (Å²) in [6.45, 7) is 11.2. The minimum Gasteiger partial charge on any atom is -0.507 e. The molecule has 5 heteroatoms. The van der Waals surface area contributed by atoms with E-state index in [-0.39, 0.29) is 5.76 Å². The molecule has 1 aromatic carbocycles. The van der Waals surface area contributed by atoms with Gasteiger partial charge in [-0.25, -0.2) is 4.79 Å². The van der Waals surface area contributed by atoms with E-state index in [9.17, 15) is 9.90 Å². The van der Waals surface area contributed by atoms with Crippen molar-refractivity contribution in [3.63, 3.8) is 0 Å². The fourth-order valence-electron chi connectivity index (χ4n) is 3.76. The molecule has 2 heterocycles. The first-order valence-corrected chi connectivity index (χ1v) is 8.92. The first kappa shape index (κ1) is 19.5. The third-order valence-electron chi connectivity index (χ3n) is 4.88. The van der Waals surface area contributed by atoms with Crippen LogP contribution < -0.4 is 0 Å². The molecule has 2 aliphatic rings. The smallest absolute Gasteiger partial charge is 0.343 e. The van der Waals surface area contributed by atoms with Crippen LogP contribution in [0, 0.1) is 20.8 Å². The van der Waals surface area contributed by atoms with Crippen LogP contribution in [0.3, 0.4) is 0 Å². The molecule has 0 aliphatic carbocycles. The molecule has 1 N–H and O–H groups in total. The molecule has 0 unspecified atom stereocenters. The quantitative estimate of drug-likeness (QED) is 0.823. The van der Waals surface area contributed by atoms with Gasteiger partial charge in [0.25, 0.3) is 0 Å². The van der Waals surface area contributed by atoms with Crippen LogP contribution in [0.15, 0.2) is 17.9 Å². The number of benzene rings is 1. The van der Waals surface area contributed by atoms with Gasteiger partial charge in [-0.3, -0.25) is 0 Å².